The van der Waals surface area contributed by atoms with Crippen LogP contribution in [0.2, 0.25) is 0 Å². The molecule has 8 heteroatoms. The molecule has 40 heavy (non-hydrogen) atoms. The highest BCUT2D eigenvalue weighted by atomic mass is 16.8. The van der Waals surface area contributed by atoms with Gasteiger partial charge in [-0.05, 0) is 75.3 Å². The molecule has 6 atom stereocenters. The van der Waals surface area contributed by atoms with Gasteiger partial charge in [0.25, 0.3) is 0 Å². The van der Waals surface area contributed by atoms with Gasteiger partial charge in [-0.25, -0.2) is 9.59 Å². The zero-order valence-electron chi connectivity index (χ0n) is 24.1. The number of phenols is 1. The lowest BCUT2D eigenvalue weighted by molar-refractivity contribution is -0.153. The molecule has 1 N–H and O–H groups in total. The Labute approximate surface area is 236 Å². The van der Waals surface area contributed by atoms with Crippen molar-refractivity contribution in [2.24, 2.45) is 5.92 Å². The van der Waals surface area contributed by atoms with Gasteiger partial charge in [-0.2, -0.15) is 0 Å². The molecule has 216 valence electrons. The monoisotopic (exact) mass is 552 g/mol. The van der Waals surface area contributed by atoms with Gasteiger partial charge < -0.3 is 28.8 Å². The van der Waals surface area contributed by atoms with Crippen molar-refractivity contribution in [1.82, 2.24) is 0 Å². The number of benzene rings is 2. The highest BCUT2D eigenvalue weighted by Gasteiger charge is 2.51. The summed E-state index contributed by atoms with van der Waals surface area (Å²) in [5, 5.41) is 10.7. The lowest BCUT2D eigenvalue weighted by Crippen LogP contribution is -2.38. The summed E-state index contributed by atoms with van der Waals surface area (Å²) in [6, 6.07) is 12.1. The van der Waals surface area contributed by atoms with Crippen LogP contribution in [0.1, 0.15) is 86.1 Å². The number of carbonyl (C=O) groups is 2. The van der Waals surface area contributed by atoms with Gasteiger partial charge in [0.1, 0.15) is 35.4 Å². The molecule has 8 nitrogen and oxygen atoms in total. The van der Waals surface area contributed by atoms with Crippen molar-refractivity contribution in [3.63, 3.8) is 0 Å². The van der Waals surface area contributed by atoms with Gasteiger partial charge in [0.05, 0.1) is 18.8 Å². The Morgan fingerprint density at radius 3 is 2.50 bits per heavy atom. The normalized spacial score (nSPS) is 29.6. The van der Waals surface area contributed by atoms with Crippen LogP contribution in [0.5, 0.6) is 11.5 Å². The van der Waals surface area contributed by atoms with Crippen LogP contribution in [0.25, 0.3) is 0 Å². The largest absolute Gasteiger partial charge is 0.507 e. The van der Waals surface area contributed by atoms with Gasteiger partial charge in [-0.3, -0.25) is 0 Å². The average Bonchev–Trinajstić information content (AvgIpc) is 3.62. The lowest BCUT2D eigenvalue weighted by Gasteiger charge is -2.25. The minimum atomic E-state index is -0.856. The smallest absolute Gasteiger partial charge is 0.342 e. The molecule has 3 aliphatic rings. The third-order valence-electron chi connectivity index (χ3n) is 7.32. The molecular formula is C32H40O8. The fraction of sp³-hybridized carbons (Fsp3) is 0.500. The average molecular weight is 553 g/mol. The number of hydrogen-bond donors (Lipinski definition) is 1. The number of phenolic OH excluding ortho intramolecular Hbond substituents is 1. The second-order valence-corrected chi connectivity index (χ2v) is 10.7. The number of rotatable bonds is 3. The van der Waals surface area contributed by atoms with Crippen molar-refractivity contribution in [3.05, 3.63) is 71.3 Å². The van der Waals surface area contributed by atoms with Crippen molar-refractivity contribution in [2.75, 3.05) is 7.11 Å². The Morgan fingerprint density at radius 1 is 1.07 bits per heavy atom. The van der Waals surface area contributed by atoms with Crippen molar-refractivity contribution >= 4 is 11.9 Å². The lowest BCUT2D eigenvalue weighted by atomic mass is 9.96. The summed E-state index contributed by atoms with van der Waals surface area (Å²) in [7, 11) is 1.52. The molecular weight excluding hydrogens is 512 g/mol. The number of methoxy groups -OCH3 is 1. The first-order valence-corrected chi connectivity index (χ1v) is 14.1. The van der Waals surface area contributed by atoms with Crippen LogP contribution in [0.15, 0.2) is 54.6 Å². The molecule has 0 bridgehead atoms. The number of ether oxygens (including phenoxy) is 5. The van der Waals surface area contributed by atoms with Crippen LogP contribution in [0.4, 0.5) is 0 Å². The van der Waals surface area contributed by atoms with Gasteiger partial charge >= 0.3 is 11.9 Å². The van der Waals surface area contributed by atoms with Crippen molar-refractivity contribution < 1.29 is 38.4 Å². The fourth-order valence-electron chi connectivity index (χ4n) is 5.44. The Morgan fingerprint density at radius 2 is 1.80 bits per heavy atom. The van der Waals surface area contributed by atoms with E-state index < -0.39 is 36.0 Å². The van der Waals surface area contributed by atoms with E-state index in [0.717, 1.165) is 6.42 Å². The maximum Gasteiger partial charge on any atom is 0.342 e. The Hall–Kier alpha value is -3.36. The second-order valence-electron chi connectivity index (χ2n) is 10.7. The molecule has 2 fully saturated rings. The van der Waals surface area contributed by atoms with Crippen LogP contribution >= 0.6 is 0 Å². The van der Waals surface area contributed by atoms with Gasteiger partial charge in [0.15, 0.2) is 5.79 Å². The van der Waals surface area contributed by atoms with Crippen molar-refractivity contribution in [1.29, 1.82) is 0 Å². The molecule has 1 aliphatic carbocycles. The highest BCUT2D eigenvalue weighted by Crippen LogP contribution is 2.54. The molecule has 2 aromatic carbocycles. The third-order valence-corrected chi connectivity index (χ3v) is 7.32. The fourth-order valence-corrected chi connectivity index (χ4v) is 5.44. The summed E-state index contributed by atoms with van der Waals surface area (Å²) in [4.78, 5) is 26.1. The van der Waals surface area contributed by atoms with Gasteiger partial charge in [0, 0.05) is 12.5 Å². The van der Waals surface area contributed by atoms with E-state index in [2.05, 4.69) is 0 Å². The standard InChI is InChI=1S/C30H34O8.C2H6/c1-17-9-8-12-24(36-28(32)18-10-6-5-7-11-18)27-25(37-30(2,3)38-27)14-19-13-21(19)22-15-20(34-4)16-23(31)26(22)29(33)35-17;1-2/h5-8,10-12,15-17,19,21,24-25,27,31H,9,13-14H2,1-4H3;1-2H3/b12-8-;/t17-,19?,21?,24?,25-,27+;/m0./s1. The van der Waals surface area contributed by atoms with Crippen LogP contribution in [0.3, 0.4) is 0 Å². The molecule has 2 aromatic rings. The van der Waals surface area contributed by atoms with E-state index >= 15 is 0 Å². The van der Waals surface area contributed by atoms with E-state index in [1.807, 2.05) is 39.8 Å². The van der Waals surface area contributed by atoms with Gasteiger partial charge in [0.2, 0.25) is 0 Å². The first kappa shape index (κ1) is 29.6. The molecule has 0 aromatic heterocycles. The predicted molar refractivity (Wildman–Crippen MR) is 150 cm³/mol. The summed E-state index contributed by atoms with van der Waals surface area (Å²) < 4.78 is 29.6. The topological polar surface area (TPSA) is 101 Å². The van der Waals surface area contributed by atoms with Crippen LogP contribution in [-0.2, 0) is 18.9 Å². The zero-order chi connectivity index (χ0) is 29.0. The maximum absolute atomic E-state index is 13.1. The molecule has 1 saturated heterocycles. The minimum absolute atomic E-state index is 0.0191. The number of fused-ring (bicyclic) bond motifs is 4. The van der Waals surface area contributed by atoms with E-state index in [1.54, 1.807) is 43.3 Å². The molecule has 2 heterocycles. The van der Waals surface area contributed by atoms with E-state index in [1.165, 1.54) is 13.2 Å². The van der Waals surface area contributed by atoms with E-state index in [4.69, 9.17) is 23.7 Å². The first-order chi connectivity index (χ1) is 19.1. The number of aromatic hydroxyl groups is 1. The molecule has 1 saturated carbocycles. The molecule has 2 aliphatic heterocycles. The SMILES string of the molecule is CC.COc1cc(O)c2c(c1)C1CC1C[C@@H]1OC(C)(C)O[C@@H]1C(OC(=O)c1ccccc1)/C=C\C[C@H](C)OC2=O. The molecule has 3 unspecified atom stereocenters. The van der Waals surface area contributed by atoms with E-state index in [0.29, 0.717) is 29.7 Å². The highest BCUT2D eigenvalue weighted by molar-refractivity contribution is 5.95. The van der Waals surface area contributed by atoms with Crippen LogP contribution < -0.4 is 4.74 Å². The summed E-state index contributed by atoms with van der Waals surface area (Å²) in [6.07, 6.45) is 3.40. The molecule has 0 amide bonds. The van der Waals surface area contributed by atoms with Gasteiger partial charge in [-0.1, -0.05) is 38.1 Å². The summed E-state index contributed by atoms with van der Waals surface area (Å²) in [5.41, 5.74) is 1.34. The van der Waals surface area contributed by atoms with Crippen LogP contribution in [-0.4, -0.2) is 54.4 Å². The molecule has 0 radical (unpaired) electrons. The number of carbonyl (C=O) groups excluding carboxylic acids is 2. The quantitative estimate of drug-likeness (QED) is 0.356. The molecule has 0 spiro atoms. The number of hydrogen-bond acceptors (Lipinski definition) is 8. The Balaban J connectivity index is 0.00000181. The van der Waals surface area contributed by atoms with E-state index in [-0.39, 0.29) is 29.3 Å². The Kier molecular flexibility index (Phi) is 9.21. The second kappa shape index (κ2) is 12.4. The summed E-state index contributed by atoms with van der Waals surface area (Å²) in [6.45, 7) is 9.48. The minimum Gasteiger partial charge on any atom is -0.507 e. The zero-order valence-corrected chi connectivity index (χ0v) is 24.1. The third kappa shape index (κ3) is 6.67. The Bertz CT molecular complexity index is 1220. The van der Waals surface area contributed by atoms with E-state index in [9.17, 15) is 14.7 Å². The summed E-state index contributed by atoms with van der Waals surface area (Å²) in [5.74, 6) is -1.37. The number of esters is 2. The van der Waals surface area contributed by atoms with Gasteiger partial charge in [-0.15, -0.1) is 0 Å². The maximum atomic E-state index is 13.1. The molecule has 5 rings (SSSR count). The summed E-state index contributed by atoms with van der Waals surface area (Å²) >= 11 is 0. The van der Waals surface area contributed by atoms with Crippen molar-refractivity contribution in [2.45, 2.75) is 90.0 Å². The number of cyclic esters (lactones) is 1. The predicted octanol–water partition coefficient (Wildman–Crippen LogP) is 6.17. The first-order valence-electron chi connectivity index (χ1n) is 14.1. The van der Waals surface area contributed by atoms with Crippen LogP contribution in [0, 0.1) is 5.92 Å². The van der Waals surface area contributed by atoms with Crippen molar-refractivity contribution in [3.8, 4) is 11.5 Å².